The smallest absolute Gasteiger partial charge is 0.338 e. The monoisotopic (exact) mass is 271 g/mol. The molecule has 0 saturated carbocycles. The molecule has 2 rings (SSSR count). The fraction of sp³-hybridized carbons (Fsp3) is 0.0667. The lowest BCUT2D eigenvalue weighted by molar-refractivity contribution is 0.0692. The van der Waals surface area contributed by atoms with Crippen LogP contribution in [0.5, 0.6) is 5.75 Å². The number of nitriles is 1. The van der Waals surface area contributed by atoms with Crippen molar-refractivity contribution in [1.29, 1.82) is 5.26 Å². The number of hydrogen-bond donors (Lipinski definition) is 1. The Labute approximate surface area is 114 Å². The maximum atomic E-state index is 13.4. The van der Waals surface area contributed by atoms with Crippen molar-refractivity contribution in [2.24, 2.45) is 0 Å². The van der Waals surface area contributed by atoms with E-state index in [0.29, 0.717) is 5.56 Å². The lowest BCUT2D eigenvalue weighted by Crippen LogP contribution is -2.01. The molecule has 0 radical (unpaired) electrons. The first kappa shape index (κ1) is 13.6. The molecule has 0 aliphatic carbocycles. The molecule has 5 heteroatoms. The number of benzene rings is 2. The highest BCUT2D eigenvalue weighted by atomic mass is 19.1. The van der Waals surface area contributed by atoms with Gasteiger partial charge in [0.25, 0.3) is 0 Å². The third kappa shape index (κ3) is 3.12. The summed E-state index contributed by atoms with van der Waals surface area (Å²) in [6, 6.07) is 12.4. The van der Waals surface area contributed by atoms with Crippen LogP contribution < -0.4 is 4.74 Å². The SMILES string of the molecule is N#Cc1ccc(COc2ccc(C(=O)O)c(F)c2)cc1. The number of ether oxygens (including phenoxy) is 1. The van der Waals surface area contributed by atoms with Gasteiger partial charge in [0.2, 0.25) is 0 Å². The van der Waals surface area contributed by atoms with Gasteiger partial charge in [-0.15, -0.1) is 0 Å². The molecule has 0 aliphatic rings. The van der Waals surface area contributed by atoms with Crippen molar-refractivity contribution < 1.29 is 19.0 Å². The van der Waals surface area contributed by atoms with Crippen molar-refractivity contribution in [2.75, 3.05) is 0 Å². The lowest BCUT2D eigenvalue weighted by Gasteiger charge is -2.07. The second-order valence-electron chi connectivity index (χ2n) is 4.04. The van der Waals surface area contributed by atoms with Crippen molar-refractivity contribution in [3.8, 4) is 11.8 Å². The number of rotatable bonds is 4. The van der Waals surface area contributed by atoms with Gasteiger partial charge in [0.1, 0.15) is 18.2 Å². The van der Waals surface area contributed by atoms with Gasteiger partial charge in [0.15, 0.2) is 0 Å². The molecule has 100 valence electrons. The van der Waals surface area contributed by atoms with E-state index >= 15 is 0 Å². The summed E-state index contributed by atoms with van der Waals surface area (Å²) in [5.41, 5.74) is 0.980. The molecular weight excluding hydrogens is 261 g/mol. The zero-order valence-electron chi connectivity index (χ0n) is 10.3. The highest BCUT2D eigenvalue weighted by molar-refractivity contribution is 5.88. The minimum Gasteiger partial charge on any atom is -0.489 e. The number of carbonyl (C=O) groups is 1. The lowest BCUT2D eigenvalue weighted by atomic mass is 10.1. The van der Waals surface area contributed by atoms with Crippen molar-refractivity contribution in [1.82, 2.24) is 0 Å². The van der Waals surface area contributed by atoms with Crippen LogP contribution in [0.2, 0.25) is 0 Å². The molecule has 0 unspecified atom stereocenters. The van der Waals surface area contributed by atoms with Crippen LogP contribution >= 0.6 is 0 Å². The average molecular weight is 271 g/mol. The molecule has 1 N–H and O–H groups in total. The Kier molecular flexibility index (Phi) is 3.96. The predicted octanol–water partition coefficient (Wildman–Crippen LogP) is 2.97. The van der Waals surface area contributed by atoms with Gasteiger partial charge in [0.05, 0.1) is 17.2 Å². The molecule has 0 aromatic heterocycles. The normalized spacial score (nSPS) is 9.80. The summed E-state index contributed by atoms with van der Waals surface area (Å²) in [5, 5.41) is 17.4. The van der Waals surface area contributed by atoms with Gasteiger partial charge < -0.3 is 9.84 Å². The van der Waals surface area contributed by atoms with Crippen LogP contribution in [-0.4, -0.2) is 11.1 Å². The van der Waals surface area contributed by atoms with Gasteiger partial charge in [-0.1, -0.05) is 12.1 Å². The first-order chi connectivity index (χ1) is 9.60. The van der Waals surface area contributed by atoms with Gasteiger partial charge in [-0.25, -0.2) is 9.18 Å². The Morgan fingerprint density at radius 2 is 1.95 bits per heavy atom. The summed E-state index contributed by atoms with van der Waals surface area (Å²) in [5.74, 6) is -1.91. The maximum absolute atomic E-state index is 13.4. The molecule has 0 fully saturated rings. The second-order valence-corrected chi connectivity index (χ2v) is 4.04. The molecule has 0 amide bonds. The fourth-order valence-corrected chi connectivity index (χ4v) is 1.60. The molecule has 2 aromatic carbocycles. The van der Waals surface area contributed by atoms with Crippen molar-refractivity contribution in [2.45, 2.75) is 6.61 Å². The van der Waals surface area contributed by atoms with Crippen molar-refractivity contribution in [3.05, 3.63) is 65.0 Å². The standard InChI is InChI=1S/C15H10FNO3/c16-14-7-12(5-6-13(14)15(18)19)20-9-11-3-1-10(8-17)2-4-11/h1-7H,9H2,(H,18,19). The molecule has 0 atom stereocenters. The van der Waals surface area contributed by atoms with Crippen LogP contribution in [0.15, 0.2) is 42.5 Å². The third-order valence-corrected chi connectivity index (χ3v) is 2.66. The van der Waals surface area contributed by atoms with Crippen LogP contribution in [0.4, 0.5) is 4.39 Å². The largest absolute Gasteiger partial charge is 0.489 e. The van der Waals surface area contributed by atoms with Crippen LogP contribution in [0.3, 0.4) is 0 Å². The summed E-state index contributed by atoms with van der Waals surface area (Å²) < 4.78 is 18.8. The van der Waals surface area contributed by atoms with Gasteiger partial charge in [-0.05, 0) is 29.8 Å². The van der Waals surface area contributed by atoms with Gasteiger partial charge in [-0.2, -0.15) is 5.26 Å². The fourth-order valence-electron chi connectivity index (χ4n) is 1.60. The zero-order chi connectivity index (χ0) is 14.5. The molecule has 0 bridgehead atoms. The first-order valence-electron chi connectivity index (χ1n) is 5.75. The van der Waals surface area contributed by atoms with Crippen LogP contribution in [0.25, 0.3) is 0 Å². The zero-order valence-corrected chi connectivity index (χ0v) is 10.3. The highest BCUT2D eigenvalue weighted by Crippen LogP contribution is 2.18. The van der Waals surface area contributed by atoms with E-state index in [1.54, 1.807) is 24.3 Å². The minimum absolute atomic E-state index is 0.206. The highest BCUT2D eigenvalue weighted by Gasteiger charge is 2.10. The van der Waals surface area contributed by atoms with E-state index < -0.39 is 17.3 Å². The Hall–Kier alpha value is -2.87. The summed E-state index contributed by atoms with van der Waals surface area (Å²) in [6.45, 7) is 0.206. The molecule has 0 heterocycles. The number of hydrogen-bond acceptors (Lipinski definition) is 3. The first-order valence-corrected chi connectivity index (χ1v) is 5.75. The number of carboxylic acids is 1. The van der Waals surface area contributed by atoms with Crippen LogP contribution in [-0.2, 0) is 6.61 Å². The van der Waals surface area contributed by atoms with E-state index in [0.717, 1.165) is 17.7 Å². The predicted molar refractivity (Wildman–Crippen MR) is 68.8 cm³/mol. The molecule has 0 saturated heterocycles. The van der Waals surface area contributed by atoms with Crippen molar-refractivity contribution in [3.63, 3.8) is 0 Å². The van der Waals surface area contributed by atoms with E-state index in [9.17, 15) is 9.18 Å². The number of aromatic carboxylic acids is 1. The number of halogens is 1. The summed E-state index contributed by atoms with van der Waals surface area (Å²) in [7, 11) is 0. The van der Waals surface area contributed by atoms with Gasteiger partial charge in [0, 0.05) is 6.07 Å². The number of carboxylic acid groups (broad SMARTS) is 1. The Morgan fingerprint density at radius 1 is 1.25 bits per heavy atom. The van der Waals surface area contributed by atoms with Crippen molar-refractivity contribution >= 4 is 5.97 Å². The van der Waals surface area contributed by atoms with E-state index in [1.165, 1.54) is 6.07 Å². The van der Waals surface area contributed by atoms with E-state index in [-0.39, 0.29) is 12.4 Å². The molecule has 0 aliphatic heterocycles. The molecule has 2 aromatic rings. The van der Waals surface area contributed by atoms with Crippen LogP contribution in [0, 0.1) is 17.1 Å². The van der Waals surface area contributed by atoms with Crippen LogP contribution in [0.1, 0.15) is 21.5 Å². The van der Waals surface area contributed by atoms with Gasteiger partial charge >= 0.3 is 5.97 Å². The Morgan fingerprint density at radius 3 is 2.50 bits per heavy atom. The Balaban J connectivity index is 2.05. The topological polar surface area (TPSA) is 70.3 Å². The molecule has 0 spiro atoms. The quantitative estimate of drug-likeness (QED) is 0.928. The van der Waals surface area contributed by atoms with Gasteiger partial charge in [-0.3, -0.25) is 0 Å². The third-order valence-electron chi connectivity index (χ3n) is 2.66. The minimum atomic E-state index is -1.32. The average Bonchev–Trinajstić information content (AvgIpc) is 2.45. The van der Waals surface area contributed by atoms with E-state index in [2.05, 4.69) is 0 Å². The summed E-state index contributed by atoms with van der Waals surface area (Å²) >= 11 is 0. The molecule has 4 nitrogen and oxygen atoms in total. The van der Waals surface area contributed by atoms with E-state index in [4.69, 9.17) is 15.1 Å². The summed E-state index contributed by atoms with van der Waals surface area (Å²) in [6.07, 6.45) is 0. The van der Waals surface area contributed by atoms with E-state index in [1.807, 2.05) is 6.07 Å². The Bertz CT molecular complexity index is 675. The second kappa shape index (κ2) is 5.85. The number of nitrogens with zero attached hydrogens (tertiary/aromatic N) is 1. The molecular formula is C15H10FNO3. The summed E-state index contributed by atoms with van der Waals surface area (Å²) in [4.78, 5) is 10.7. The molecule has 20 heavy (non-hydrogen) atoms. The maximum Gasteiger partial charge on any atom is 0.338 e.